The Morgan fingerprint density at radius 3 is 2.39 bits per heavy atom. The monoisotopic (exact) mass is 400 g/mol. The topological polar surface area (TPSA) is 112 Å². The molecule has 0 atom stereocenters. The van der Waals surface area contributed by atoms with Gasteiger partial charge in [-0.2, -0.15) is 0 Å². The second kappa shape index (κ2) is 10.6. The third kappa shape index (κ3) is 7.83. The standard InChI is InChI=1S/C19H20N4O4S/c1-13-7-8-15(27-13)9-10-17(25)21-19(28)23-22-18(26)12-11-16(24)20-14-5-3-2-4-6-14/h2-10H,11-12H2,1H3,(H,20,24)(H,22,26)(H2,21,23,25,28). The molecule has 0 aliphatic heterocycles. The van der Waals surface area contributed by atoms with Gasteiger partial charge in [0.15, 0.2) is 5.11 Å². The number of benzene rings is 1. The molecule has 28 heavy (non-hydrogen) atoms. The van der Waals surface area contributed by atoms with Crippen molar-refractivity contribution in [2.45, 2.75) is 19.8 Å². The fourth-order valence-electron chi connectivity index (χ4n) is 2.05. The molecule has 0 spiro atoms. The van der Waals surface area contributed by atoms with Gasteiger partial charge in [0.05, 0.1) is 0 Å². The minimum absolute atomic E-state index is 0.00678. The van der Waals surface area contributed by atoms with E-state index in [1.165, 1.54) is 12.2 Å². The SMILES string of the molecule is Cc1ccc(C=CC(=O)NC(=S)NNC(=O)CCC(=O)Nc2ccccc2)o1. The molecule has 0 radical (unpaired) electrons. The first-order valence-electron chi connectivity index (χ1n) is 8.41. The minimum atomic E-state index is -0.483. The van der Waals surface area contributed by atoms with E-state index in [0.29, 0.717) is 11.4 Å². The predicted octanol–water partition coefficient (Wildman–Crippen LogP) is 2.04. The van der Waals surface area contributed by atoms with E-state index in [9.17, 15) is 14.4 Å². The van der Waals surface area contributed by atoms with Crippen LogP contribution in [0.15, 0.2) is 53.0 Å². The summed E-state index contributed by atoms with van der Waals surface area (Å²) in [5, 5.41) is 4.97. The van der Waals surface area contributed by atoms with Gasteiger partial charge in [-0.25, -0.2) is 0 Å². The number of anilines is 1. The zero-order valence-corrected chi connectivity index (χ0v) is 16.0. The number of carbonyl (C=O) groups is 3. The number of nitrogens with one attached hydrogen (secondary N) is 4. The highest BCUT2D eigenvalue weighted by atomic mass is 32.1. The highest BCUT2D eigenvalue weighted by molar-refractivity contribution is 7.80. The van der Waals surface area contributed by atoms with Gasteiger partial charge in [-0.1, -0.05) is 18.2 Å². The van der Waals surface area contributed by atoms with Crippen LogP contribution in [0, 0.1) is 6.92 Å². The fourth-order valence-corrected chi connectivity index (χ4v) is 2.20. The lowest BCUT2D eigenvalue weighted by atomic mass is 10.2. The van der Waals surface area contributed by atoms with E-state index < -0.39 is 11.8 Å². The summed E-state index contributed by atoms with van der Waals surface area (Å²) in [5.41, 5.74) is 5.38. The van der Waals surface area contributed by atoms with Gasteiger partial charge in [-0.3, -0.25) is 30.6 Å². The Bertz CT molecular complexity index is 877. The summed E-state index contributed by atoms with van der Waals surface area (Å²) in [6.07, 6.45) is 2.71. The van der Waals surface area contributed by atoms with E-state index in [1.54, 1.807) is 43.3 Å². The molecule has 2 rings (SSSR count). The number of carbonyl (C=O) groups excluding carboxylic acids is 3. The van der Waals surface area contributed by atoms with Crippen molar-refractivity contribution in [1.82, 2.24) is 16.2 Å². The highest BCUT2D eigenvalue weighted by Gasteiger charge is 2.08. The molecule has 0 fully saturated rings. The number of thiocarbonyl (C=S) groups is 1. The van der Waals surface area contributed by atoms with Gasteiger partial charge in [-0.05, 0) is 49.5 Å². The first-order valence-corrected chi connectivity index (χ1v) is 8.82. The first-order chi connectivity index (χ1) is 13.4. The molecule has 1 aromatic carbocycles. The predicted molar refractivity (Wildman–Crippen MR) is 109 cm³/mol. The van der Waals surface area contributed by atoms with Crippen molar-refractivity contribution in [3.63, 3.8) is 0 Å². The lowest BCUT2D eigenvalue weighted by Gasteiger charge is -2.09. The van der Waals surface area contributed by atoms with Crippen LogP contribution in [0.5, 0.6) is 0 Å². The molecule has 9 heteroatoms. The summed E-state index contributed by atoms with van der Waals surface area (Å²) in [6.45, 7) is 1.80. The zero-order valence-electron chi connectivity index (χ0n) is 15.2. The van der Waals surface area contributed by atoms with Crippen LogP contribution < -0.4 is 21.5 Å². The van der Waals surface area contributed by atoms with Gasteiger partial charge in [0.2, 0.25) is 17.7 Å². The van der Waals surface area contributed by atoms with Crippen molar-refractivity contribution in [2.24, 2.45) is 0 Å². The molecule has 0 saturated carbocycles. The Balaban J connectivity index is 1.63. The van der Waals surface area contributed by atoms with E-state index in [-0.39, 0.29) is 23.9 Å². The van der Waals surface area contributed by atoms with Crippen molar-refractivity contribution < 1.29 is 18.8 Å². The van der Waals surface area contributed by atoms with Crippen LogP contribution in [0.2, 0.25) is 0 Å². The van der Waals surface area contributed by atoms with Crippen LogP contribution in [-0.4, -0.2) is 22.8 Å². The maximum Gasteiger partial charge on any atom is 0.250 e. The number of rotatable bonds is 6. The number of hydrogen-bond donors (Lipinski definition) is 4. The summed E-state index contributed by atoms with van der Waals surface area (Å²) < 4.78 is 5.30. The van der Waals surface area contributed by atoms with Crippen molar-refractivity contribution >= 4 is 46.8 Å². The molecule has 0 aliphatic carbocycles. The van der Waals surface area contributed by atoms with Crippen LogP contribution in [0.1, 0.15) is 24.4 Å². The van der Waals surface area contributed by atoms with Gasteiger partial charge in [-0.15, -0.1) is 0 Å². The maximum absolute atomic E-state index is 11.8. The Morgan fingerprint density at radius 2 is 1.71 bits per heavy atom. The third-order valence-corrected chi connectivity index (χ3v) is 3.55. The summed E-state index contributed by atoms with van der Waals surface area (Å²) in [7, 11) is 0. The second-order valence-electron chi connectivity index (χ2n) is 5.69. The molecule has 1 heterocycles. The first kappa shape index (κ1) is 20.8. The molecule has 146 valence electrons. The maximum atomic E-state index is 11.8. The molecule has 0 aliphatic rings. The zero-order chi connectivity index (χ0) is 20.4. The summed E-state index contributed by atoms with van der Waals surface area (Å²) >= 11 is 4.91. The van der Waals surface area contributed by atoms with Gasteiger partial charge in [0.25, 0.3) is 0 Å². The van der Waals surface area contributed by atoms with Crippen LogP contribution in [0.3, 0.4) is 0 Å². The van der Waals surface area contributed by atoms with Gasteiger partial charge >= 0.3 is 0 Å². The van der Waals surface area contributed by atoms with Crippen LogP contribution >= 0.6 is 12.2 Å². The number of amides is 3. The third-order valence-electron chi connectivity index (χ3n) is 3.35. The summed E-state index contributed by atoms with van der Waals surface area (Å²) in [4.78, 5) is 35.3. The molecule has 0 unspecified atom stereocenters. The molecular weight excluding hydrogens is 380 g/mol. The van der Waals surface area contributed by atoms with Gasteiger partial charge in [0.1, 0.15) is 11.5 Å². The molecule has 2 aromatic rings. The number of aryl methyl sites for hydroxylation is 1. The van der Waals surface area contributed by atoms with Gasteiger partial charge in [0, 0.05) is 24.6 Å². The van der Waals surface area contributed by atoms with E-state index in [0.717, 1.165) is 5.76 Å². The van der Waals surface area contributed by atoms with Crippen LogP contribution in [0.4, 0.5) is 5.69 Å². The Morgan fingerprint density at radius 1 is 1.00 bits per heavy atom. The van der Waals surface area contributed by atoms with Crippen molar-refractivity contribution in [2.75, 3.05) is 5.32 Å². The molecule has 8 nitrogen and oxygen atoms in total. The number of hydrogen-bond acceptors (Lipinski definition) is 5. The number of hydrazine groups is 1. The van der Waals surface area contributed by atoms with Crippen LogP contribution in [0.25, 0.3) is 6.08 Å². The van der Waals surface area contributed by atoms with E-state index >= 15 is 0 Å². The lowest BCUT2D eigenvalue weighted by molar-refractivity contribution is -0.124. The number of para-hydroxylation sites is 1. The molecular formula is C19H20N4O4S. The van der Waals surface area contributed by atoms with E-state index in [2.05, 4.69) is 21.5 Å². The quantitative estimate of drug-likeness (QED) is 0.335. The van der Waals surface area contributed by atoms with E-state index in [1.807, 2.05) is 6.07 Å². The van der Waals surface area contributed by atoms with Crippen molar-refractivity contribution in [3.05, 3.63) is 60.1 Å². The highest BCUT2D eigenvalue weighted by Crippen LogP contribution is 2.07. The van der Waals surface area contributed by atoms with E-state index in [4.69, 9.17) is 16.6 Å². The summed E-state index contributed by atoms with van der Waals surface area (Å²) in [5.74, 6) is 0.0611. The minimum Gasteiger partial charge on any atom is -0.462 e. The molecule has 4 N–H and O–H groups in total. The van der Waals surface area contributed by atoms with Crippen molar-refractivity contribution in [3.8, 4) is 0 Å². The fraction of sp³-hybridized carbons (Fsp3) is 0.158. The van der Waals surface area contributed by atoms with Gasteiger partial charge < -0.3 is 9.73 Å². The van der Waals surface area contributed by atoms with Crippen LogP contribution in [-0.2, 0) is 14.4 Å². The molecule has 1 aromatic heterocycles. The smallest absolute Gasteiger partial charge is 0.250 e. The average Bonchev–Trinajstić information content (AvgIpc) is 3.09. The largest absolute Gasteiger partial charge is 0.462 e. The molecule has 3 amide bonds. The van der Waals surface area contributed by atoms with Crippen molar-refractivity contribution in [1.29, 1.82) is 0 Å². The molecule has 0 saturated heterocycles. The Hall–Kier alpha value is -3.46. The molecule has 0 bridgehead atoms. The Labute approximate surface area is 167 Å². The number of furan rings is 1. The summed E-state index contributed by atoms with van der Waals surface area (Å²) in [6, 6.07) is 12.4. The lowest BCUT2D eigenvalue weighted by Crippen LogP contribution is -2.48. The Kier molecular flexibility index (Phi) is 7.92. The second-order valence-corrected chi connectivity index (χ2v) is 6.10. The average molecular weight is 400 g/mol. The normalized spacial score (nSPS) is 10.3.